The van der Waals surface area contributed by atoms with Crippen molar-refractivity contribution in [1.82, 2.24) is 5.48 Å². The molecule has 68 valence electrons. The molecule has 0 aromatic heterocycles. The Hall–Kier alpha value is -0.570. The van der Waals surface area contributed by atoms with Gasteiger partial charge in [0.25, 0.3) is 0 Å². The smallest absolute Gasteiger partial charge is 0.249 e. The number of nitrogens with one attached hydrogen (secondary N) is 1. The Morgan fingerprint density at radius 2 is 2.17 bits per heavy atom. The molecule has 0 saturated heterocycles. The van der Waals surface area contributed by atoms with Crippen LogP contribution in [0.4, 0.5) is 0 Å². The van der Waals surface area contributed by atoms with E-state index in [-0.39, 0.29) is 17.4 Å². The molecule has 0 aromatic rings. The lowest BCUT2D eigenvalue weighted by atomic mass is 9.97. The summed E-state index contributed by atoms with van der Waals surface area (Å²) in [4.78, 5) is 16.5. The molecule has 0 atom stereocenters. The van der Waals surface area contributed by atoms with Crippen molar-refractivity contribution < 1.29 is 9.63 Å². The Morgan fingerprint density at radius 3 is 2.58 bits per heavy atom. The van der Waals surface area contributed by atoms with Gasteiger partial charge in [0.2, 0.25) is 5.91 Å². The number of hydroxylamine groups is 1. The van der Waals surface area contributed by atoms with Crippen molar-refractivity contribution in [3.8, 4) is 0 Å². The van der Waals surface area contributed by atoms with Gasteiger partial charge in [0.1, 0.15) is 0 Å². The van der Waals surface area contributed by atoms with E-state index in [4.69, 9.17) is 4.84 Å². The largest absolute Gasteiger partial charge is 0.272 e. The Bertz CT molecular complexity index is 195. The fourth-order valence-corrected chi connectivity index (χ4v) is 1.16. The number of hydrogen-bond donors (Lipinski definition) is 1. The average molecular weight is 169 g/mol. The third-order valence-corrected chi connectivity index (χ3v) is 2.92. The molecule has 0 aliphatic heterocycles. The van der Waals surface area contributed by atoms with Gasteiger partial charge in [-0.2, -0.15) is 0 Å². The maximum absolute atomic E-state index is 11.3. The second kappa shape index (κ2) is 2.73. The highest BCUT2D eigenvalue weighted by Crippen LogP contribution is 2.45. The van der Waals surface area contributed by atoms with Gasteiger partial charge in [-0.25, -0.2) is 5.48 Å². The Balaban J connectivity index is 1.68. The first-order valence-corrected chi connectivity index (χ1v) is 4.67. The zero-order chi connectivity index (χ0) is 8.60. The van der Waals surface area contributed by atoms with Gasteiger partial charge in [0, 0.05) is 5.41 Å². The monoisotopic (exact) mass is 169 g/mol. The molecule has 2 rings (SSSR count). The molecule has 0 unspecified atom stereocenters. The first-order chi connectivity index (χ1) is 5.71. The van der Waals surface area contributed by atoms with Gasteiger partial charge in [0.05, 0.1) is 6.10 Å². The molecule has 12 heavy (non-hydrogen) atoms. The molecule has 0 heterocycles. The predicted molar refractivity (Wildman–Crippen MR) is 44.2 cm³/mol. The molecule has 2 aliphatic rings. The van der Waals surface area contributed by atoms with Crippen molar-refractivity contribution in [1.29, 1.82) is 0 Å². The summed E-state index contributed by atoms with van der Waals surface area (Å²) in [6, 6.07) is 0. The van der Waals surface area contributed by atoms with Crippen LogP contribution in [0.15, 0.2) is 0 Å². The van der Waals surface area contributed by atoms with E-state index in [1.54, 1.807) is 0 Å². The molecule has 0 radical (unpaired) electrons. The van der Waals surface area contributed by atoms with Crippen molar-refractivity contribution in [3.05, 3.63) is 0 Å². The summed E-state index contributed by atoms with van der Waals surface area (Å²) < 4.78 is 0. The lowest BCUT2D eigenvalue weighted by Gasteiger charge is -2.25. The zero-order valence-corrected chi connectivity index (χ0v) is 7.43. The van der Waals surface area contributed by atoms with Crippen LogP contribution in [0.25, 0.3) is 0 Å². The van der Waals surface area contributed by atoms with Crippen LogP contribution in [0.5, 0.6) is 0 Å². The summed E-state index contributed by atoms with van der Waals surface area (Å²) in [5.41, 5.74) is 2.44. The van der Waals surface area contributed by atoms with Crippen molar-refractivity contribution in [2.24, 2.45) is 5.41 Å². The second-order valence-electron chi connectivity index (χ2n) is 4.16. The van der Waals surface area contributed by atoms with Crippen molar-refractivity contribution in [2.75, 3.05) is 0 Å². The molecular weight excluding hydrogens is 154 g/mol. The number of amides is 1. The van der Waals surface area contributed by atoms with Crippen molar-refractivity contribution in [2.45, 2.75) is 45.1 Å². The van der Waals surface area contributed by atoms with Crippen LogP contribution in [-0.2, 0) is 9.63 Å². The van der Waals surface area contributed by atoms with E-state index < -0.39 is 0 Å². The summed E-state index contributed by atoms with van der Waals surface area (Å²) in [5.74, 6) is 0.0643. The minimum Gasteiger partial charge on any atom is -0.272 e. The summed E-state index contributed by atoms with van der Waals surface area (Å²) in [6.45, 7) is 1.98. The number of carbonyl (C=O) groups excluding carboxylic acids is 1. The lowest BCUT2D eigenvalue weighted by Crippen LogP contribution is -2.36. The molecule has 2 saturated carbocycles. The topological polar surface area (TPSA) is 38.3 Å². The molecule has 3 nitrogen and oxygen atoms in total. The minimum absolute atomic E-state index is 0.0643. The van der Waals surface area contributed by atoms with E-state index in [1.807, 2.05) is 6.92 Å². The van der Waals surface area contributed by atoms with Crippen LogP contribution >= 0.6 is 0 Å². The van der Waals surface area contributed by atoms with Gasteiger partial charge in [-0.15, -0.1) is 0 Å². The normalized spacial score (nSPS) is 26.1. The molecule has 0 spiro atoms. The molecule has 1 amide bonds. The van der Waals surface area contributed by atoms with E-state index in [0.717, 1.165) is 25.7 Å². The van der Waals surface area contributed by atoms with E-state index in [0.29, 0.717) is 0 Å². The summed E-state index contributed by atoms with van der Waals surface area (Å²) >= 11 is 0. The minimum atomic E-state index is -0.107. The summed E-state index contributed by atoms with van der Waals surface area (Å²) in [6.07, 6.45) is 5.72. The third kappa shape index (κ3) is 1.46. The fraction of sp³-hybridized carbons (Fsp3) is 0.889. The number of carbonyl (C=O) groups is 1. The van der Waals surface area contributed by atoms with E-state index in [2.05, 4.69) is 5.48 Å². The van der Waals surface area contributed by atoms with E-state index >= 15 is 0 Å². The van der Waals surface area contributed by atoms with Crippen molar-refractivity contribution in [3.63, 3.8) is 0 Å². The van der Waals surface area contributed by atoms with Gasteiger partial charge < -0.3 is 0 Å². The van der Waals surface area contributed by atoms with Crippen LogP contribution in [0.1, 0.15) is 39.0 Å². The number of hydrogen-bond acceptors (Lipinski definition) is 2. The first kappa shape index (κ1) is 8.05. The van der Waals surface area contributed by atoms with E-state index in [9.17, 15) is 4.79 Å². The second-order valence-corrected chi connectivity index (χ2v) is 4.16. The summed E-state index contributed by atoms with van der Waals surface area (Å²) in [7, 11) is 0. The van der Waals surface area contributed by atoms with Crippen LogP contribution in [0.2, 0.25) is 0 Å². The molecule has 0 aromatic carbocycles. The maximum atomic E-state index is 11.3. The van der Waals surface area contributed by atoms with Crippen LogP contribution < -0.4 is 5.48 Å². The van der Waals surface area contributed by atoms with Crippen LogP contribution in [0, 0.1) is 5.41 Å². The molecule has 1 N–H and O–H groups in total. The SMILES string of the molecule is CC1(C(=O)NOC2CCC2)CC1. The molecule has 0 bridgehead atoms. The first-order valence-electron chi connectivity index (χ1n) is 4.67. The zero-order valence-electron chi connectivity index (χ0n) is 7.43. The lowest BCUT2D eigenvalue weighted by molar-refractivity contribution is -0.147. The highest BCUT2D eigenvalue weighted by atomic mass is 16.7. The van der Waals surface area contributed by atoms with Gasteiger partial charge in [-0.05, 0) is 32.1 Å². The predicted octanol–water partition coefficient (Wildman–Crippen LogP) is 1.39. The average Bonchev–Trinajstić information content (AvgIpc) is 2.66. The molecular formula is C9H15NO2. The standard InChI is InChI=1S/C9H15NO2/c1-9(5-6-9)8(11)10-12-7-3-2-4-7/h7H,2-6H2,1H3,(H,10,11). The van der Waals surface area contributed by atoms with Crippen molar-refractivity contribution >= 4 is 5.91 Å². The van der Waals surface area contributed by atoms with Gasteiger partial charge in [0.15, 0.2) is 0 Å². The highest BCUT2D eigenvalue weighted by molar-refractivity contribution is 5.83. The fourth-order valence-electron chi connectivity index (χ4n) is 1.16. The Morgan fingerprint density at radius 1 is 1.50 bits per heavy atom. The maximum Gasteiger partial charge on any atom is 0.249 e. The number of rotatable bonds is 3. The van der Waals surface area contributed by atoms with E-state index in [1.165, 1.54) is 6.42 Å². The van der Waals surface area contributed by atoms with Crippen LogP contribution in [-0.4, -0.2) is 12.0 Å². The third-order valence-electron chi connectivity index (χ3n) is 2.92. The summed E-state index contributed by atoms with van der Waals surface area (Å²) in [5, 5.41) is 0. The van der Waals surface area contributed by atoms with Crippen LogP contribution in [0.3, 0.4) is 0 Å². The molecule has 2 fully saturated rings. The molecule has 3 heteroatoms. The van der Waals surface area contributed by atoms with Gasteiger partial charge in [-0.3, -0.25) is 9.63 Å². The highest BCUT2D eigenvalue weighted by Gasteiger charge is 2.45. The Labute approximate surface area is 72.4 Å². The quantitative estimate of drug-likeness (QED) is 0.648. The van der Waals surface area contributed by atoms with Gasteiger partial charge in [-0.1, -0.05) is 6.92 Å². The van der Waals surface area contributed by atoms with Gasteiger partial charge >= 0.3 is 0 Å². The molecule has 2 aliphatic carbocycles. The Kier molecular flexibility index (Phi) is 1.83.